The van der Waals surface area contributed by atoms with Gasteiger partial charge < -0.3 is 9.47 Å². The van der Waals surface area contributed by atoms with Crippen LogP contribution in [-0.4, -0.2) is 19.4 Å². The molecule has 128 valence electrons. The Morgan fingerprint density at radius 2 is 1.71 bits per heavy atom. The third kappa shape index (κ3) is 4.94. The minimum Gasteiger partial charge on any atom is -0.495 e. The van der Waals surface area contributed by atoms with Gasteiger partial charge in [0.25, 0.3) is 0 Å². The van der Waals surface area contributed by atoms with Crippen LogP contribution < -0.4 is 14.9 Å². The van der Waals surface area contributed by atoms with E-state index in [9.17, 15) is 0 Å². The third-order valence-corrected chi connectivity index (χ3v) is 3.79. The summed E-state index contributed by atoms with van der Waals surface area (Å²) >= 11 is 18.5. The zero-order valence-electron chi connectivity index (χ0n) is 13.4. The second-order valence-electron chi connectivity index (χ2n) is 5.20. The fourth-order valence-corrected chi connectivity index (χ4v) is 2.77. The zero-order valence-corrected chi connectivity index (χ0v) is 15.7. The van der Waals surface area contributed by atoms with E-state index in [4.69, 9.17) is 44.3 Å². The molecule has 0 saturated carbocycles. The van der Waals surface area contributed by atoms with Crippen molar-refractivity contribution < 1.29 is 9.47 Å². The molecule has 0 radical (unpaired) electrons. The highest BCUT2D eigenvalue weighted by Gasteiger charge is 2.10. The van der Waals surface area contributed by atoms with Gasteiger partial charge in [0, 0.05) is 0 Å². The smallest absolute Gasteiger partial charge is 0.156 e. The van der Waals surface area contributed by atoms with Gasteiger partial charge in [-0.2, -0.15) is 5.10 Å². The van der Waals surface area contributed by atoms with Gasteiger partial charge in [-0.3, -0.25) is 5.43 Å². The first-order chi connectivity index (χ1) is 11.4. The van der Waals surface area contributed by atoms with Crippen molar-refractivity contribution in [2.24, 2.45) is 5.10 Å². The molecule has 2 rings (SSSR count). The van der Waals surface area contributed by atoms with Crippen LogP contribution in [0.5, 0.6) is 11.5 Å². The predicted molar refractivity (Wildman–Crippen MR) is 101 cm³/mol. The highest BCUT2D eigenvalue weighted by atomic mass is 35.5. The maximum absolute atomic E-state index is 6.21. The van der Waals surface area contributed by atoms with Crippen LogP contribution in [0.15, 0.2) is 35.4 Å². The Hall–Kier alpha value is -1.62. The number of rotatable bonds is 6. The second kappa shape index (κ2) is 8.47. The number of halogens is 3. The van der Waals surface area contributed by atoms with E-state index in [1.807, 2.05) is 19.9 Å². The van der Waals surface area contributed by atoms with Crippen molar-refractivity contribution in [2.75, 3.05) is 12.5 Å². The summed E-state index contributed by atoms with van der Waals surface area (Å²) < 4.78 is 10.7. The number of hydrogen-bond acceptors (Lipinski definition) is 4. The Bertz CT molecular complexity index is 726. The Kier molecular flexibility index (Phi) is 6.60. The van der Waals surface area contributed by atoms with Gasteiger partial charge in [0.1, 0.15) is 5.75 Å². The number of benzene rings is 2. The second-order valence-corrected chi connectivity index (χ2v) is 6.42. The van der Waals surface area contributed by atoms with E-state index in [-0.39, 0.29) is 6.10 Å². The lowest BCUT2D eigenvalue weighted by molar-refractivity contribution is 0.243. The summed E-state index contributed by atoms with van der Waals surface area (Å²) in [5.41, 5.74) is 4.36. The monoisotopic (exact) mass is 386 g/mol. The van der Waals surface area contributed by atoms with Crippen LogP contribution in [0.2, 0.25) is 15.1 Å². The highest BCUT2D eigenvalue weighted by molar-refractivity contribution is 6.37. The average molecular weight is 388 g/mol. The molecular weight excluding hydrogens is 371 g/mol. The van der Waals surface area contributed by atoms with Gasteiger partial charge in [0.2, 0.25) is 0 Å². The molecule has 0 aliphatic carbocycles. The molecule has 7 heteroatoms. The fraction of sp³-hybridized carbons (Fsp3) is 0.235. The Morgan fingerprint density at radius 1 is 1.04 bits per heavy atom. The molecule has 1 N–H and O–H groups in total. The summed E-state index contributed by atoms with van der Waals surface area (Å²) in [6, 6.07) is 8.75. The molecule has 0 fully saturated rings. The molecule has 0 heterocycles. The Morgan fingerprint density at radius 3 is 2.25 bits per heavy atom. The number of methoxy groups -OCH3 is 1. The minimum atomic E-state index is -0.0130. The van der Waals surface area contributed by atoms with Gasteiger partial charge in [-0.1, -0.05) is 34.8 Å². The van der Waals surface area contributed by atoms with Gasteiger partial charge in [-0.05, 0) is 49.7 Å². The molecule has 0 aliphatic rings. The first-order valence-corrected chi connectivity index (χ1v) is 8.32. The Balaban J connectivity index is 2.10. The first kappa shape index (κ1) is 18.7. The van der Waals surface area contributed by atoms with Gasteiger partial charge in [0.05, 0.1) is 40.2 Å². The van der Waals surface area contributed by atoms with Crippen molar-refractivity contribution in [3.8, 4) is 11.5 Å². The minimum absolute atomic E-state index is 0.0130. The molecule has 0 unspecified atom stereocenters. The molecule has 0 bridgehead atoms. The van der Waals surface area contributed by atoms with Crippen LogP contribution in [0.4, 0.5) is 5.69 Å². The standard InChI is InChI=1S/C17H17Cl3N2O2/c1-10(2)24-17-14(19)6-11(7-15(17)20)9-21-22-12-4-5-16(23-3)13(18)8-12/h4-10,22H,1-3H3/b21-9+. The summed E-state index contributed by atoms with van der Waals surface area (Å²) in [5, 5.41) is 5.52. The summed E-state index contributed by atoms with van der Waals surface area (Å²) in [4.78, 5) is 0. The molecule has 0 atom stereocenters. The van der Waals surface area contributed by atoms with Crippen molar-refractivity contribution in [3.63, 3.8) is 0 Å². The summed E-state index contributed by atoms with van der Waals surface area (Å²) in [6.45, 7) is 3.82. The Labute approximate surface area is 156 Å². The van der Waals surface area contributed by atoms with Crippen molar-refractivity contribution in [2.45, 2.75) is 20.0 Å². The maximum Gasteiger partial charge on any atom is 0.156 e. The van der Waals surface area contributed by atoms with Crippen LogP contribution in [0.3, 0.4) is 0 Å². The zero-order chi connectivity index (χ0) is 17.7. The lowest BCUT2D eigenvalue weighted by atomic mass is 10.2. The largest absolute Gasteiger partial charge is 0.495 e. The molecule has 24 heavy (non-hydrogen) atoms. The molecule has 0 amide bonds. The van der Waals surface area contributed by atoms with Crippen LogP contribution >= 0.6 is 34.8 Å². The van der Waals surface area contributed by atoms with E-state index >= 15 is 0 Å². The lowest BCUT2D eigenvalue weighted by Gasteiger charge is -2.13. The number of hydrogen-bond donors (Lipinski definition) is 1. The molecule has 0 saturated heterocycles. The third-order valence-electron chi connectivity index (χ3n) is 2.93. The van der Waals surface area contributed by atoms with Crippen LogP contribution in [0.25, 0.3) is 0 Å². The topological polar surface area (TPSA) is 42.8 Å². The van der Waals surface area contributed by atoms with E-state index in [0.717, 1.165) is 11.3 Å². The number of anilines is 1. The normalized spacial score (nSPS) is 11.1. The van der Waals surface area contributed by atoms with Gasteiger partial charge in [0.15, 0.2) is 5.75 Å². The quantitative estimate of drug-likeness (QED) is 0.496. The molecular formula is C17H17Cl3N2O2. The van der Waals surface area contributed by atoms with Crippen molar-refractivity contribution in [1.29, 1.82) is 0 Å². The lowest BCUT2D eigenvalue weighted by Crippen LogP contribution is -2.06. The molecule has 0 aromatic heterocycles. The fourth-order valence-electron chi connectivity index (χ4n) is 1.92. The van der Waals surface area contributed by atoms with Gasteiger partial charge in [-0.15, -0.1) is 0 Å². The molecule has 0 aliphatic heterocycles. The number of ether oxygens (including phenoxy) is 2. The number of nitrogens with zero attached hydrogens (tertiary/aromatic N) is 1. The summed E-state index contributed by atoms with van der Waals surface area (Å²) in [6.07, 6.45) is 1.59. The van der Waals surface area contributed by atoms with Crippen molar-refractivity contribution in [1.82, 2.24) is 0 Å². The van der Waals surface area contributed by atoms with Gasteiger partial charge in [-0.25, -0.2) is 0 Å². The SMILES string of the molecule is COc1ccc(N/N=C/c2cc(Cl)c(OC(C)C)c(Cl)c2)cc1Cl. The van der Waals surface area contributed by atoms with Crippen LogP contribution in [0, 0.1) is 0 Å². The average Bonchev–Trinajstić information content (AvgIpc) is 2.51. The molecule has 0 spiro atoms. The van der Waals surface area contributed by atoms with Crippen molar-refractivity contribution in [3.05, 3.63) is 51.0 Å². The van der Waals surface area contributed by atoms with Crippen LogP contribution in [-0.2, 0) is 0 Å². The van der Waals surface area contributed by atoms with Gasteiger partial charge >= 0.3 is 0 Å². The van der Waals surface area contributed by atoms with E-state index in [2.05, 4.69) is 10.5 Å². The molecule has 4 nitrogen and oxygen atoms in total. The van der Waals surface area contributed by atoms with E-state index in [1.54, 1.807) is 37.6 Å². The first-order valence-electron chi connectivity index (χ1n) is 7.19. The predicted octanol–water partition coefficient (Wildman–Crippen LogP) is 5.89. The number of nitrogens with one attached hydrogen (secondary N) is 1. The summed E-state index contributed by atoms with van der Waals surface area (Å²) in [5.74, 6) is 1.07. The maximum atomic E-state index is 6.21. The molecule has 2 aromatic rings. The van der Waals surface area contributed by atoms with E-state index < -0.39 is 0 Å². The summed E-state index contributed by atoms with van der Waals surface area (Å²) in [7, 11) is 1.56. The van der Waals surface area contributed by atoms with Crippen molar-refractivity contribution >= 4 is 46.7 Å². The van der Waals surface area contributed by atoms with E-state index in [1.165, 1.54) is 0 Å². The van der Waals surface area contributed by atoms with E-state index in [0.29, 0.717) is 26.6 Å². The van der Waals surface area contributed by atoms with Crippen LogP contribution in [0.1, 0.15) is 19.4 Å². The number of hydrazone groups is 1. The highest BCUT2D eigenvalue weighted by Crippen LogP contribution is 2.34. The molecule has 2 aromatic carbocycles.